The molecule has 0 unspecified atom stereocenters. The molecule has 0 spiro atoms. The third-order valence-corrected chi connectivity index (χ3v) is 3.49. The fraction of sp³-hybridized carbons (Fsp3) is 0.100. The molecule has 0 saturated carbocycles. The van der Waals surface area contributed by atoms with Crippen LogP contribution in [-0.2, 0) is 6.42 Å². The largest absolute Gasteiger partial charge is 0.488 e. The molecule has 0 bridgehead atoms. The molecule has 0 fully saturated rings. The summed E-state index contributed by atoms with van der Waals surface area (Å²) in [7, 11) is 0. The van der Waals surface area contributed by atoms with E-state index in [1.807, 2.05) is 12.1 Å². The second-order valence-corrected chi connectivity index (χ2v) is 5.07. The minimum atomic E-state index is -1.09. The van der Waals surface area contributed by atoms with E-state index in [0.29, 0.717) is 16.9 Å². The lowest BCUT2D eigenvalue weighted by molar-refractivity contribution is 0.0697. The van der Waals surface area contributed by atoms with Crippen molar-refractivity contribution in [1.82, 2.24) is 0 Å². The molecule has 4 nitrogen and oxygen atoms in total. The fourth-order valence-corrected chi connectivity index (χ4v) is 2.42. The van der Waals surface area contributed by atoms with Crippen molar-refractivity contribution < 1.29 is 14.6 Å². The van der Waals surface area contributed by atoms with Crippen molar-refractivity contribution in [2.45, 2.75) is 6.42 Å². The molecule has 0 radical (unpaired) electrons. The van der Waals surface area contributed by atoms with Crippen molar-refractivity contribution in [3.63, 3.8) is 0 Å². The molecule has 2 aromatic carbocycles. The Balaban J connectivity index is 2.63. The first-order valence-electron chi connectivity index (χ1n) is 7.36. The van der Waals surface area contributed by atoms with E-state index in [2.05, 4.69) is 19.2 Å². The predicted octanol–water partition coefficient (Wildman–Crippen LogP) is 4.22. The molecular weight excluding hydrogens is 302 g/mol. The Morgan fingerprint density at radius 3 is 2.42 bits per heavy atom. The van der Waals surface area contributed by atoms with Crippen LogP contribution in [0.15, 0.2) is 61.7 Å². The Morgan fingerprint density at radius 2 is 1.88 bits per heavy atom. The number of hydrogen-bond acceptors (Lipinski definition) is 3. The minimum absolute atomic E-state index is 0.0639. The summed E-state index contributed by atoms with van der Waals surface area (Å²) in [5, 5.41) is 19.0. The quantitative estimate of drug-likeness (QED) is 0.776. The van der Waals surface area contributed by atoms with Gasteiger partial charge in [0, 0.05) is 5.56 Å². The molecular formula is C20H17NO3. The average Bonchev–Trinajstić information content (AvgIpc) is 2.59. The molecule has 4 heteroatoms. The van der Waals surface area contributed by atoms with Gasteiger partial charge in [0.05, 0.1) is 5.56 Å². The van der Waals surface area contributed by atoms with Gasteiger partial charge in [-0.1, -0.05) is 43.0 Å². The number of nitriles is 1. The van der Waals surface area contributed by atoms with Gasteiger partial charge in [-0.25, -0.2) is 4.79 Å². The van der Waals surface area contributed by atoms with E-state index in [9.17, 15) is 15.2 Å². The van der Waals surface area contributed by atoms with Crippen LogP contribution in [0.25, 0.3) is 11.1 Å². The molecule has 0 aliphatic rings. The van der Waals surface area contributed by atoms with Crippen LogP contribution in [0.4, 0.5) is 0 Å². The lowest BCUT2D eigenvalue weighted by atomic mass is 9.93. The molecule has 0 saturated heterocycles. The summed E-state index contributed by atoms with van der Waals surface area (Å²) in [4.78, 5) is 11.6. The topological polar surface area (TPSA) is 70.3 Å². The lowest BCUT2D eigenvalue weighted by Crippen LogP contribution is -2.04. The number of benzene rings is 2. The molecule has 24 heavy (non-hydrogen) atoms. The molecule has 2 aromatic rings. The summed E-state index contributed by atoms with van der Waals surface area (Å²) >= 11 is 0. The van der Waals surface area contributed by atoms with E-state index in [-0.39, 0.29) is 17.7 Å². The van der Waals surface area contributed by atoms with Gasteiger partial charge in [0.15, 0.2) is 0 Å². The maximum Gasteiger partial charge on any atom is 0.336 e. The Kier molecular flexibility index (Phi) is 5.54. The minimum Gasteiger partial charge on any atom is -0.488 e. The highest BCUT2D eigenvalue weighted by Gasteiger charge is 2.20. The number of carboxylic acids is 1. The standard InChI is InChI=1S/C20H17NO3/c1-3-5-14-6-8-15(9-7-14)19-16(20(22)23)10-11-18(17(19)13-21)24-12-4-2/h3-4,6-11H,1-2,5,12H2,(H,22,23). The monoisotopic (exact) mass is 319 g/mol. The molecule has 0 atom stereocenters. The fourth-order valence-electron chi connectivity index (χ4n) is 2.42. The van der Waals surface area contributed by atoms with Crippen LogP contribution in [0.2, 0.25) is 0 Å². The summed E-state index contributed by atoms with van der Waals surface area (Å²) < 4.78 is 5.49. The zero-order valence-corrected chi connectivity index (χ0v) is 13.2. The highest BCUT2D eigenvalue weighted by Crippen LogP contribution is 2.34. The van der Waals surface area contributed by atoms with Crippen LogP contribution in [0, 0.1) is 11.3 Å². The normalized spacial score (nSPS) is 9.79. The zero-order valence-electron chi connectivity index (χ0n) is 13.2. The van der Waals surface area contributed by atoms with E-state index >= 15 is 0 Å². The third kappa shape index (κ3) is 3.53. The van der Waals surface area contributed by atoms with Crippen molar-refractivity contribution in [3.8, 4) is 22.9 Å². The first-order chi connectivity index (χ1) is 11.6. The predicted molar refractivity (Wildman–Crippen MR) is 93.1 cm³/mol. The summed E-state index contributed by atoms with van der Waals surface area (Å²) in [6.07, 6.45) is 4.08. The number of ether oxygens (including phenoxy) is 1. The van der Waals surface area contributed by atoms with E-state index in [0.717, 1.165) is 12.0 Å². The highest BCUT2D eigenvalue weighted by molar-refractivity contribution is 5.98. The summed E-state index contributed by atoms with van der Waals surface area (Å²) in [6.45, 7) is 7.51. The average molecular weight is 319 g/mol. The lowest BCUT2D eigenvalue weighted by Gasteiger charge is -2.13. The van der Waals surface area contributed by atoms with Gasteiger partial charge < -0.3 is 9.84 Å². The summed E-state index contributed by atoms with van der Waals surface area (Å²) in [6, 6.07) is 12.4. The Hall–Kier alpha value is -3.32. The number of rotatable bonds is 7. The van der Waals surface area contributed by atoms with E-state index in [1.165, 1.54) is 12.1 Å². The van der Waals surface area contributed by atoms with E-state index in [1.54, 1.807) is 24.3 Å². The van der Waals surface area contributed by atoms with E-state index in [4.69, 9.17) is 4.74 Å². The molecule has 120 valence electrons. The second kappa shape index (κ2) is 7.80. The number of carbonyl (C=O) groups is 1. The smallest absolute Gasteiger partial charge is 0.336 e. The number of hydrogen-bond donors (Lipinski definition) is 1. The van der Waals surface area contributed by atoms with Crippen molar-refractivity contribution in [3.05, 3.63) is 78.4 Å². The third-order valence-electron chi connectivity index (χ3n) is 3.49. The molecule has 0 heterocycles. The van der Waals surface area contributed by atoms with Gasteiger partial charge >= 0.3 is 5.97 Å². The van der Waals surface area contributed by atoms with Crippen molar-refractivity contribution >= 4 is 5.97 Å². The zero-order chi connectivity index (χ0) is 17.5. The molecule has 0 aromatic heterocycles. The van der Waals surface area contributed by atoms with Crippen molar-refractivity contribution in [1.29, 1.82) is 5.26 Å². The maximum absolute atomic E-state index is 11.6. The second-order valence-electron chi connectivity index (χ2n) is 5.07. The molecule has 0 aliphatic heterocycles. The molecule has 2 rings (SSSR count). The summed E-state index contributed by atoms with van der Waals surface area (Å²) in [5.74, 6) is -0.750. The number of carboxylic acid groups (broad SMARTS) is 1. The van der Waals surface area contributed by atoms with Gasteiger partial charge in [0.1, 0.15) is 24.0 Å². The molecule has 1 N–H and O–H groups in total. The van der Waals surface area contributed by atoms with Crippen LogP contribution in [0.5, 0.6) is 5.75 Å². The van der Waals surface area contributed by atoms with Crippen molar-refractivity contribution in [2.75, 3.05) is 6.61 Å². The maximum atomic E-state index is 11.6. The number of aromatic carboxylic acids is 1. The molecule has 0 aliphatic carbocycles. The first-order valence-corrected chi connectivity index (χ1v) is 7.36. The van der Waals surface area contributed by atoms with E-state index < -0.39 is 5.97 Å². The first kappa shape index (κ1) is 17.0. The number of nitrogens with zero attached hydrogens (tertiary/aromatic N) is 1. The van der Waals surface area contributed by atoms with Gasteiger partial charge in [-0.15, -0.1) is 6.58 Å². The SMILES string of the molecule is C=CCOc1ccc(C(=O)O)c(-c2ccc(CC=C)cc2)c1C#N. The van der Waals surface area contributed by atoms with Crippen LogP contribution in [-0.4, -0.2) is 17.7 Å². The van der Waals surface area contributed by atoms with Gasteiger partial charge in [0.25, 0.3) is 0 Å². The number of allylic oxidation sites excluding steroid dienone is 1. The van der Waals surface area contributed by atoms with Crippen LogP contribution in [0.1, 0.15) is 21.5 Å². The Morgan fingerprint density at radius 1 is 1.17 bits per heavy atom. The Labute approximate surface area is 140 Å². The van der Waals surface area contributed by atoms with Crippen LogP contribution >= 0.6 is 0 Å². The molecule has 0 amide bonds. The van der Waals surface area contributed by atoms with Crippen LogP contribution in [0.3, 0.4) is 0 Å². The summed E-state index contributed by atoms with van der Waals surface area (Å²) in [5.41, 5.74) is 2.34. The highest BCUT2D eigenvalue weighted by atomic mass is 16.5. The van der Waals surface area contributed by atoms with Crippen LogP contribution < -0.4 is 4.74 Å². The van der Waals surface area contributed by atoms with Crippen molar-refractivity contribution in [2.24, 2.45) is 0 Å². The van der Waals surface area contributed by atoms with Gasteiger partial charge in [0.2, 0.25) is 0 Å². The van der Waals surface area contributed by atoms with Gasteiger partial charge in [-0.3, -0.25) is 0 Å². The Bertz CT molecular complexity index is 814. The van der Waals surface area contributed by atoms with Gasteiger partial charge in [-0.05, 0) is 29.7 Å². The van der Waals surface area contributed by atoms with Gasteiger partial charge in [-0.2, -0.15) is 5.26 Å².